The van der Waals surface area contributed by atoms with Gasteiger partial charge in [0.1, 0.15) is 27.9 Å². The second-order valence-corrected chi connectivity index (χ2v) is 9.70. The highest BCUT2D eigenvalue weighted by molar-refractivity contribution is 8.04. The smallest absolute Gasteiger partial charge is 0.278 e. The lowest BCUT2D eigenvalue weighted by atomic mass is 10.1. The Bertz CT molecular complexity index is 1580. The molecule has 0 radical (unpaired) electrons. The average Bonchev–Trinajstić information content (AvgIpc) is 3.57. The van der Waals surface area contributed by atoms with E-state index in [9.17, 15) is 14.4 Å². The van der Waals surface area contributed by atoms with Crippen LogP contribution >= 0.6 is 11.8 Å². The number of ether oxygens (including phenoxy) is 2. The largest absolute Gasteiger partial charge is 0.497 e. The van der Waals surface area contributed by atoms with E-state index in [0.29, 0.717) is 39.1 Å². The molecule has 1 aliphatic rings. The molecule has 4 aromatic rings. The Balaban J connectivity index is 1.40. The molecule has 3 amide bonds. The van der Waals surface area contributed by atoms with Gasteiger partial charge in [0, 0.05) is 22.3 Å². The maximum Gasteiger partial charge on any atom is 0.278 e. The molecule has 0 aliphatic carbocycles. The molecule has 40 heavy (non-hydrogen) atoms. The van der Waals surface area contributed by atoms with Crippen molar-refractivity contribution < 1.29 is 28.3 Å². The van der Waals surface area contributed by atoms with Crippen molar-refractivity contribution in [3.05, 3.63) is 113 Å². The van der Waals surface area contributed by atoms with Gasteiger partial charge in [-0.3, -0.25) is 19.3 Å². The monoisotopic (exact) mass is 555 g/mol. The molecule has 10 heteroatoms. The van der Waals surface area contributed by atoms with Gasteiger partial charge in [0.2, 0.25) is 0 Å². The van der Waals surface area contributed by atoms with Crippen molar-refractivity contribution >= 4 is 40.9 Å². The maximum absolute atomic E-state index is 13.5. The number of imide groups is 1. The topological polar surface area (TPSA) is 110 Å². The van der Waals surface area contributed by atoms with Crippen molar-refractivity contribution in [1.29, 1.82) is 0 Å². The van der Waals surface area contributed by atoms with E-state index in [2.05, 4.69) is 10.6 Å². The first-order valence-corrected chi connectivity index (χ1v) is 13.0. The zero-order valence-corrected chi connectivity index (χ0v) is 22.5. The van der Waals surface area contributed by atoms with Gasteiger partial charge >= 0.3 is 0 Å². The normalized spacial score (nSPS) is 13.0. The molecule has 0 unspecified atom stereocenters. The second-order valence-electron chi connectivity index (χ2n) is 8.62. The van der Waals surface area contributed by atoms with Crippen molar-refractivity contribution in [1.82, 2.24) is 4.90 Å². The SMILES string of the molecule is COc1ccc(C(=O)Nc2cccc(SC3=C(Nc4ccccc4)C(=O)N(Cc4ccco4)C3=O)c2)c(OC)c1. The lowest BCUT2D eigenvalue weighted by Crippen LogP contribution is -2.31. The van der Waals surface area contributed by atoms with Gasteiger partial charge in [-0.15, -0.1) is 0 Å². The van der Waals surface area contributed by atoms with E-state index in [-0.39, 0.29) is 23.1 Å². The summed E-state index contributed by atoms with van der Waals surface area (Å²) in [5, 5.41) is 5.98. The number of carbonyl (C=O) groups excluding carboxylic acids is 3. The summed E-state index contributed by atoms with van der Waals surface area (Å²) in [6, 6.07) is 24.5. The van der Waals surface area contributed by atoms with E-state index >= 15 is 0 Å². The summed E-state index contributed by atoms with van der Waals surface area (Å²) >= 11 is 1.14. The van der Waals surface area contributed by atoms with E-state index in [0.717, 1.165) is 16.7 Å². The van der Waals surface area contributed by atoms with E-state index < -0.39 is 11.8 Å². The molecule has 0 fully saturated rings. The highest BCUT2D eigenvalue weighted by Gasteiger charge is 2.39. The summed E-state index contributed by atoms with van der Waals surface area (Å²) in [7, 11) is 3.01. The van der Waals surface area contributed by atoms with Crippen molar-refractivity contribution in [2.45, 2.75) is 11.4 Å². The number of nitrogens with one attached hydrogen (secondary N) is 2. The minimum Gasteiger partial charge on any atom is -0.497 e. The molecular formula is C30H25N3O6S. The van der Waals surface area contributed by atoms with Gasteiger partial charge in [0.25, 0.3) is 17.7 Å². The van der Waals surface area contributed by atoms with Crippen molar-refractivity contribution in [2.24, 2.45) is 0 Å². The number of furan rings is 1. The molecule has 5 rings (SSSR count). The molecule has 1 aliphatic heterocycles. The third kappa shape index (κ3) is 5.71. The highest BCUT2D eigenvalue weighted by atomic mass is 32.2. The number of amides is 3. The standard InChI is InChI=1S/C30H25N3O6S/c1-37-21-13-14-24(25(17-21)38-2)28(34)32-20-10-6-12-23(16-20)40-27-26(31-19-8-4-3-5-9-19)29(35)33(30(27)36)18-22-11-7-15-39-22/h3-17,31H,18H2,1-2H3,(H,32,34). The second kappa shape index (κ2) is 11.8. The van der Waals surface area contributed by atoms with Gasteiger partial charge in [-0.05, 0) is 54.6 Å². The van der Waals surface area contributed by atoms with Gasteiger partial charge in [0.05, 0.1) is 32.6 Å². The van der Waals surface area contributed by atoms with Gasteiger partial charge in [-0.25, -0.2) is 0 Å². The number of para-hydroxylation sites is 1. The maximum atomic E-state index is 13.5. The Labute approximate surface area is 234 Å². The van der Waals surface area contributed by atoms with Crippen molar-refractivity contribution in [3.8, 4) is 11.5 Å². The van der Waals surface area contributed by atoms with E-state index in [1.807, 2.05) is 30.3 Å². The van der Waals surface area contributed by atoms with E-state index in [4.69, 9.17) is 13.9 Å². The molecule has 1 aromatic heterocycles. The summed E-state index contributed by atoms with van der Waals surface area (Å²) in [5.74, 6) is 0.161. The summed E-state index contributed by atoms with van der Waals surface area (Å²) in [6.07, 6.45) is 1.49. The van der Waals surface area contributed by atoms with Crippen LogP contribution in [0.4, 0.5) is 11.4 Å². The van der Waals surface area contributed by atoms with Crippen LogP contribution in [-0.4, -0.2) is 36.8 Å². The number of rotatable bonds is 10. The van der Waals surface area contributed by atoms with Crippen LogP contribution in [0.1, 0.15) is 16.1 Å². The third-order valence-corrected chi connectivity index (χ3v) is 7.10. The van der Waals surface area contributed by atoms with E-state index in [1.165, 1.54) is 20.5 Å². The molecule has 0 saturated carbocycles. The van der Waals surface area contributed by atoms with Gasteiger partial charge in [-0.1, -0.05) is 36.0 Å². The van der Waals surface area contributed by atoms with Crippen molar-refractivity contribution in [2.75, 3.05) is 24.9 Å². The van der Waals surface area contributed by atoms with E-state index in [1.54, 1.807) is 54.6 Å². The van der Waals surface area contributed by atoms with Crippen LogP contribution in [-0.2, 0) is 16.1 Å². The van der Waals surface area contributed by atoms with Crippen LogP contribution < -0.4 is 20.1 Å². The van der Waals surface area contributed by atoms with Crippen LogP contribution in [0.25, 0.3) is 0 Å². The summed E-state index contributed by atoms with van der Waals surface area (Å²) in [5.41, 5.74) is 1.69. The first-order chi connectivity index (χ1) is 19.5. The molecule has 2 N–H and O–H groups in total. The van der Waals surface area contributed by atoms with Gasteiger partial charge in [-0.2, -0.15) is 0 Å². The molecule has 0 atom stereocenters. The van der Waals surface area contributed by atoms with Crippen molar-refractivity contribution in [3.63, 3.8) is 0 Å². The summed E-state index contributed by atoms with van der Waals surface area (Å²) < 4.78 is 15.9. The number of thioether (sulfide) groups is 1. The highest BCUT2D eigenvalue weighted by Crippen LogP contribution is 2.37. The minimum absolute atomic E-state index is 0.00842. The predicted molar refractivity (Wildman–Crippen MR) is 151 cm³/mol. The molecule has 9 nitrogen and oxygen atoms in total. The minimum atomic E-state index is -0.455. The number of anilines is 2. The molecular weight excluding hydrogens is 530 g/mol. The number of methoxy groups -OCH3 is 2. The lowest BCUT2D eigenvalue weighted by Gasteiger charge is -2.13. The quantitative estimate of drug-likeness (QED) is 0.246. The Kier molecular flexibility index (Phi) is 7.88. The number of carbonyl (C=O) groups is 3. The Morgan fingerprint density at radius 3 is 2.40 bits per heavy atom. The number of nitrogens with zero attached hydrogens (tertiary/aromatic N) is 1. The molecule has 3 aromatic carbocycles. The molecule has 0 saturated heterocycles. The molecule has 2 heterocycles. The Morgan fingerprint density at radius 2 is 1.68 bits per heavy atom. The fourth-order valence-corrected chi connectivity index (χ4v) is 5.07. The third-order valence-electron chi connectivity index (χ3n) is 6.03. The van der Waals surface area contributed by atoms with Crippen LogP contribution in [0.15, 0.2) is 111 Å². The first-order valence-electron chi connectivity index (χ1n) is 12.2. The van der Waals surface area contributed by atoms with Crippen LogP contribution in [0.2, 0.25) is 0 Å². The van der Waals surface area contributed by atoms with Crippen LogP contribution in [0.5, 0.6) is 11.5 Å². The Morgan fingerprint density at radius 1 is 0.875 bits per heavy atom. The zero-order valence-electron chi connectivity index (χ0n) is 21.7. The number of hydrogen-bond donors (Lipinski definition) is 2. The van der Waals surface area contributed by atoms with Gasteiger partial charge in [0.15, 0.2) is 0 Å². The van der Waals surface area contributed by atoms with Gasteiger partial charge < -0.3 is 24.5 Å². The molecule has 0 spiro atoms. The summed E-state index contributed by atoms with van der Waals surface area (Å²) in [4.78, 5) is 41.9. The van der Waals surface area contributed by atoms with Crippen LogP contribution in [0.3, 0.4) is 0 Å². The average molecular weight is 556 g/mol. The fraction of sp³-hybridized carbons (Fsp3) is 0.100. The zero-order chi connectivity index (χ0) is 28.1. The predicted octanol–water partition coefficient (Wildman–Crippen LogP) is 5.53. The Hall–Kier alpha value is -4.96. The first kappa shape index (κ1) is 26.6. The fourth-order valence-electron chi connectivity index (χ4n) is 4.07. The molecule has 0 bridgehead atoms. The number of benzene rings is 3. The number of hydrogen-bond acceptors (Lipinski definition) is 8. The summed E-state index contributed by atoms with van der Waals surface area (Å²) in [6.45, 7) is 0.00842. The lowest BCUT2D eigenvalue weighted by molar-refractivity contribution is -0.138. The molecule has 202 valence electrons. The van der Waals surface area contributed by atoms with Crippen LogP contribution in [0, 0.1) is 0 Å².